The van der Waals surface area contributed by atoms with Crippen LogP contribution in [0.5, 0.6) is 5.75 Å². The van der Waals surface area contributed by atoms with Gasteiger partial charge in [-0.1, -0.05) is 32.9 Å². The molecule has 0 aliphatic carbocycles. The van der Waals surface area contributed by atoms with Crippen molar-refractivity contribution in [1.82, 2.24) is 10.3 Å². The molecule has 2 rings (SSSR count). The van der Waals surface area contributed by atoms with E-state index in [9.17, 15) is 5.11 Å². The van der Waals surface area contributed by atoms with Gasteiger partial charge >= 0.3 is 0 Å². The van der Waals surface area contributed by atoms with Gasteiger partial charge in [0.1, 0.15) is 10.8 Å². The van der Waals surface area contributed by atoms with E-state index in [1.807, 2.05) is 12.1 Å². The van der Waals surface area contributed by atoms with Gasteiger partial charge in [-0.25, -0.2) is 4.98 Å². The SMILES string of the molecule is CCNCc1sc(-c2cccc(O)c2)nc1CC(C)C. The second-order valence-electron chi connectivity index (χ2n) is 5.32. The third-order valence-corrected chi connectivity index (χ3v) is 4.16. The number of phenolic OH excluding ortho intramolecular Hbond substituents is 1. The fourth-order valence-electron chi connectivity index (χ4n) is 2.07. The highest BCUT2D eigenvalue weighted by molar-refractivity contribution is 7.15. The summed E-state index contributed by atoms with van der Waals surface area (Å²) >= 11 is 1.72. The van der Waals surface area contributed by atoms with Crippen molar-refractivity contribution >= 4 is 11.3 Å². The molecular weight excluding hydrogens is 268 g/mol. The van der Waals surface area contributed by atoms with Crippen molar-refractivity contribution in [1.29, 1.82) is 0 Å². The van der Waals surface area contributed by atoms with Crippen molar-refractivity contribution in [2.75, 3.05) is 6.54 Å². The van der Waals surface area contributed by atoms with Gasteiger partial charge in [0.25, 0.3) is 0 Å². The molecule has 3 nitrogen and oxygen atoms in total. The number of nitrogens with zero attached hydrogens (tertiary/aromatic N) is 1. The molecule has 1 heterocycles. The average Bonchev–Trinajstić information content (AvgIpc) is 2.78. The van der Waals surface area contributed by atoms with Crippen LogP contribution >= 0.6 is 11.3 Å². The summed E-state index contributed by atoms with van der Waals surface area (Å²) in [5.41, 5.74) is 2.17. The van der Waals surface area contributed by atoms with Gasteiger partial charge in [-0.15, -0.1) is 11.3 Å². The van der Waals surface area contributed by atoms with E-state index in [4.69, 9.17) is 4.98 Å². The van der Waals surface area contributed by atoms with Crippen LogP contribution in [0.1, 0.15) is 31.3 Å². The average molecular weight is 290 g/mol. The molecule has 0 unspecified atom stereocenters. The molecule has 0 atom stereocenters. The number of phenols is 1. The summed E-state index contributed by atoms with van der Waals surface area (Å²) in [4.78, 5) is 6.09. The Morgan fingerprint density at radius 3 is 2.80 bits per heavy atom. The van der Waals surface area contributed by atoms with E-state index >= 15 is 0 Å². The highest BCUT2D eigenvalue weighted by Gasteiger charge is 2.13. The number of thiazole rings is 1. The fraction of sp³-hybridized carbons (Fsp3) is 0.438. The normalized spacial score (nSPS) is 11.2. The standard InChI is InChI=1S/C16H22N2OS/c1-4-17-10-15-14(8-11(2)3)18-16(20-15)12-6-5-7-13(19)9-12/h5-7,9,11,17,19H,4,8,10H2,1-3H3. The van der Waals surface area contributed by atoms with Crippen molar-refractivity contribution in [2.45, 2.75) is 33.7 Å². The maximum Gasteiger partial charge on any atom is 0.124 e. The Hall–Kier alpha value is -1.39. The Bertz CT molecular complexity index is 563. The molecule has 0 aliphatic heterocycles. The molecule has 2 aromatic rings. The Labute approximate surface area is 124 Å². The van der Waals surface area contributed by atoms with Crippen molar-refractivity contribution in [3.8, 4) is 16.3 Å². The quantitative estimate of drug-likeness (QED) is 0.850. The smallest absolute Gasteiger partial charge is 0.124 e. The van der Waals surface area contributed by atoms with Crippen molar-refractivity contribution in [3.05, 3.63) is 34.8 Å². The second kappa shape index (κ2) is 6.86. The second-order valence-corrected chi connectivity index (χ2v) is 6.40. The Balaban J connectivity index is 2.32. The molecule has 0 saturated heterocycles. The lowest BCUT2D eigenvalue weighted by molar-refractivity contribution is 0.475. The summed E-state index contributed by atoms with van der Waals surface area (Å²) in [7, 11) is 0. The molecule has 0 radical (unpaired) electrons. The lowest BCUT2D eigenvalue weighted by Gasteiger charge is -2.04. The van der Waals surface area contributed by atoms with Crippen molar-refractivity contribution in [3.63, 3.8) is 0 Å². The molecule has 4 heteroatoms. The first-order valence-electron chi connectivity index (χ1n) is 7.08. The molecule has 1 aromatic carbocycles. The highest BCUT2D eigenvalue weighted by atomic mass is 32.1. The molecule has 0 amide bonds. The number of rotatable bonds is 6. The number of aromatic nitrogens is 1. The van der Waals surface area contributed by atoms with Crippen LogP contribution in [0.25, 0.3) is 10.6 Å². The fourth-order valence-corrected chi connectivity index (χ4v) is 3.12. The predicted molar refractivity (Wildman–Crippen MR) is 85.1 cm³/mol. The molecular formula is C16H22N2OS. The van der Waals surface area contributed by atoms with E-state index in [1.165, 1.54) is 10.6 Å². The highest BCUT2D eigenvalue weighted by Crippen LogP contribution is 2.31. The Kier molecular flexibility index (Phi) is 5.15. The maximum atomic E-state index is 9.60. The zero-order valence-electron chi connectivity index (χ0n) is 12.3. The van der Waals surface area contributed by atoms with Gasteiger partial charge in [0.2, 0.25) is 0 Å². The van der Waals surface area contributed by atoms with Gasteiger partial charge in [0, 0.05) is 17.0 Å². The largest absolute Gasteiger partial charge is 0.508 e. The van der Waals surface area contributed by atoms with Crippen LogP contribution < -0.4 is 5.32 Å². The zero-order chi connectivity index (χ0) is 14.5. The molecule has 0 bridgehead atoms. The van der Waals surface area contributed by atoms with Crippen LogP contribution in [0.4, 0.5) is 0 Å². The first-order valence-corrected chi connectivity index (χ1v) is 7.90. The van der Waals surface area contributed by atoms with Gasteiger partial charge in [0.15, 0.2) is 0 Å². The van der Waals surface area contributed by atoms with E-state index < -0.39 is 0 Å². The van der Waals surface area contributed by atoms with Gasteiger partial charge in [-0.3, -0.25) is 0 Å². The van der Waals surface area contributed by atoms with Crippen LogP contribution in [-0.4, -0.2) is 16.6 Å². The van der Waals surface area contributed by atoms with Crippen LogP contribution in [-0.2, 0) is 13.0 Å². The maximum absolute atomic E-state index is 9.60. The number of hydrogen-bond acceptors (Lipinski definition) is 4. The molecule has 0 aliphatic rings. The molecule has 1 aromatic heterocycles. The lowest BCUT2D eigenvalue weighted by Crippen LogP contribution is -2.12. The van der Waals surface area contributed by atoms with E-state index in [0.717, 1.165) is 30.1 Å². The van der Waals surface area contributed by atoms with Crippen LogP contribution in [0.15, 0.2) is 24.3 Å². The van der Waals surface area contributed by atoms with Gasteiger partial charge in [0.05, 0.1) is 5.69 Å². The molecule has 20 heavy (non-hydrogen) atoms. The van der Waals surface area contributed by atoms with Crippen molar-refractivity contribution < 1.29 is 5.11 Å². The summed E-state index contributed by atoms with van der Waals surface area (Å²) in [5, 5.41) is 14.0. The monoisotopic (exact) mass is 290 g/mol. The first kappa shape index (κ1) is 15.0. The van der Waals surface area contributed by atoms with Crippen LogP contribution in [0, 0.1) is 5.92 Å². The summed E-state index contributed by atoms with van der Waals surface area (Å²) in [5.74, 6) is 0.880. The van der Waals surface area contributed by atoms with Gasteiger partial charge < -0.3 is 10.4 Å². The first-order chi connectivity index (χ1) is 9.60. The predicted octanol–water partition coefficient (Wildman–Crippen LogP) is 3.82. The summed E-state index contributed by atoms with van der Waals surface area (Å²) in [6, 6.07) is 7.31. The minimum atomic E-state index is 0.288. The molecule has 108 valence electrons. The van der Waals surface area contributed by atoms with Gasteiger partial charge in [-0.2, -0.15) is 0 Å². The molecule has 0 saturated carbocycles. The summed E-state index contributed by atoms with van der Waals surface area (Å²) in [6.45, 7) is 8.36. The molecule has 0 spiro atoms. The Morgan fingerprint density at radius 1 is 1.35 bits per heavy atom. The van der Waals surface area contributed by atoms with Crippen LogP contribution in [0.3, 0.4) is 0 Å². The van der Waals surface area contributed by atoms with E-state index in [0.29, 0.717) is 5.92 Å². The van der Waals surface area contributed by atoms with E-state index in [-0.39, 0.29) is 5.75 Å². The summed E-state index contributed by atoms with van der Waals surface area (Å²) in [6.07, 6.45) is 0.996. The van der Waals surface area contributed by atoms with Gasteiger partial charge in [-0.05, 0) is 31.0 Å². The van der Waals surface area contributed by atoms with Crippen molar-refractivity contribution in [2.24, 2.45) is 5.92 Å². The minimum Gasteiger partial charge on any atom is -0.508 e. The van der Waals surface area contributed by atoms with E-state index in [2.05, 4.69) is 26.1 Å². The number of nitrogens with one attached hydrogen (secondary N) is 1. The molecule has 0 fully saturated rings. The number of aromatic hydroxyl groups is 1. The number of hydrogen-bond donors (Lipinski definition) is 2. The minimum absolute atomic E-state index is 0.288. The third-order valence-electron chi connectivity index (χ3n) is 3.01. The number of benzene rings is 1. The lowest BCUT2D eigenvalue weighted by atomic mass is 10.1. The zero-order valence-corrected chi connectivity index (χ0v) is 13.1. The van der Waals surface area contributed by atoms with Crippen LogP contribution in [0.2, 0.25) is 0 Å². The third kappa shape index (κ3) is 3.81. The summed E-state index contributed by atoms with van der Waals surface area (Å²) < 4.78 is 0. The topological polar surface area (TPSA) is 45.1 Å². The molecule has 2 N–H and O–H groups in total. The van der Waals surface area contributed by atoms with E-state index in [1.54, 1.807) is 23.5 Å². The Morgan fingerprint density at radius 2 is 2.15 bits per heavy atom.